The van der Waals surface area contributed by atoms with E-state index in [1.165, 1.54) is 50.4 Å². The quantitative estimate of drug-likeness (QED) is 0.0508. The maximum Gasteiger partial charge on any atom is 0.410 e. The van der Waals surface area contributed by atoms with Crippen molar-refractivity contribution in [3.05, 3.63) is 77.9 Å². The standard InChI is InChI=1S/C64H93N5O21/c1-18-30-84-61(78)44-31-42(27-28-46(44)89-63-57(88-41(12)72)55(87-40(11)71)54(86-39(10)70)56(90-63)62(79)83-17)33-85-64(80)68(14)50(35(5)6)59(76)66-49(34(3)4)60(77)67(13)51(36(7)19-2)47(81-15)32-48(73)69-29-23-26-45(69)53(82-16)37(8)58(75)65-38(9)52(74)43-24-21-20-22-25-43/h18,20-22,24-25,27-28,31,34-38,45,47,49-57,63,74H,1,19,23,26,29-30,32-33H2,2-17H3,(H,65,75)(H,66,76)/t36?,37-,38-,45+,47-,49+,50+,51+,52-,53?,54+,55?,56+,57-,63-/m1/s1. The Bertz CT molecular complexity index is 2800. The zero-order valence-electron chi connectivity index (χ0n) is 54.6. The third-order valence-electron chi connectivity index (χ3n) is 16.1. The van der Waals surface area contributed by atoms with Crippen molar-refractivity contribution in [2.75, 3.05) is 48.6 Å². The third-order valence-corrected chi connectivity index (χ3v) is 16.1. The zero-order chi connectivity index (χ0) is 67.4. The predicted octanol–water partition coefficient (Wildman–Crippen LogP) is 4.99. The Labute approximate surface area is 527 Å². The molecule has 3 N–H and O–H groups in total. The molecule has 0 bridgehead atoms. The lowest BCUT2D eigenvalue weighted by Crippen LogP contribution is -2.64. The summed E-state index contributed by atoms with van der Waals surface area (Å²) in [6, 6.07) is 8.85. The fourth-order valence-corrected chi connectivity index (χ4v) is 11.4. The lowest BCUT2D eigenvalue weighted by atomic mass is 9.89. The molecule has 0 saturated carbocycles. The molecule has 90 heavy (non-hydrogen) atoms. The summed E-state index contributed by atoms with van der Waals surface area (Å²) in [5, 5.41) is 16.8. The number of nitrogens with zero attached hydrogens (tertiary/aromatic N) is 3. The minimum atomic E-state index is -1.84. The largest absolute Gasteiger partial charge is 0.467 e. The summed E-state index contributed by atoms with van der Waals surface area (Å²) in [6.45, 7) is 20.6. The molecule has 26 heteroatoms. The van der Waals surface area contributed by atoms with E-state index in [1.54, 1.807) is 77.8 Å². The van der Waals surface area contributed by atoms with Crippen LogP contribution in [0.1, 0.15) is 129 Å². The number of nitrogens with one attached hydrogen (secondary N) is 2. The molecule has 0 radical (unpaired) electrons. The summed E-state index contributed by atoms with van der Waals surface area (Å²) in [5.74, 6) is -8.82. The number of benzene rings is 2. The van der Waals surface area contributed by atoms with E-state index in [1.807, 2.05) is 19.9 Å². The molecule has 26 nitrogen and oxygen atoms in total. The number of rotatable bonds is 31. The van der Waals surface area contributed by atoms with Crippen LogP contribution in [0.5, 0.6) is 5.75 Å². The number of hydrogen-bond donors (Lipinski definition) is 3. The van der Waals surface area contributed by atoms with E-state index >= 15 is 0 Å². The van der Waals surface area contributed by atoms with Gasteiger partial charge in [0.15, 0.2) is 18.3 Å². The lowest BCUT2D eigenvalue weighted by Gasteiger charge is -2.43. The van der Waals surface area contributed by atoms with E-state index in [9.17, 15) is 53.1 Å². The molecule has 2 aliphatic rings. The van der Waals surface area contributed by atoms with Gasteiger partial charge >= 0.3 is 35.9 Å². The van der Waals surface area contributed by atoms with Gasteiger partial charge in [0.2, 0.25) is 36.0 Å². The van der Waals surface area contributed by atoms with Gasteiger partial charge in [-0.3, -0.25) is 38.5 Å². The molecule has 2 aromatic rings. The van der Waals surface area contributed by atoms with Crippen molar-refractivity contribution in [2.24, 2.45) is 23.7 Å². The van der Waals surface area contributed by atoms with Crippen LogP contribution in [0.3, 0.4) is 0 Å². The first kappa shape index (κ1) is 74.8. The smallest absolute Gasteiger partial charge is 0.410 e. The second-order valence-corrected chi connectivity index (χ2v) is 23.3. The molecule has 0 spiro atoms. The first-order valence-electron chi connectivity index (χ1n) is 30.2. The number of carbonyl (C=O) groups is 10. The number of aliphatic hydroxyl groups excluding tert-OH is 1. The van der Waals surface area contributed by atoms with Crippen LogP contribution in [0, 0.1) is 23.7 Å². The van der Waals surface area contributed by atoms with Gasteiger partial charge < -0.3 is 72.9 Å². The van der Waals surface area contributed by atoms with Crippen LogP contribution in [-0.4, -0.2) is 201 Å². The van der Waals surface area contributed by atoms with Gasteiger partial charge in [-0.05, 0) is 60.8 Å². The lowest BCUT2D eigenvalue weighted by molar-refractivity contribution is -0.282. The van der Waals surface area contributed by atoms with Gasteiger partial charge in [0.05, 0.1) is 55.9 Å². The molecular formula is C64H93N5O21. The number of likely N-dealkylation sites (N-methyl/N-ethyl adjacent to an activating group) is 2. The second-order valence-electron chi connectivity index (χ2n) is 23.3. The van der Waals surface area contributed by atoms with Gasteiger partial charge in [-0.2, -0.15) is 0 Å². The van der Waals surface area contributed by atoms with Crippen molar-refractivity contribution in [1.82, 2.24) is 25.3 Å². The van der Waals surface area contributed by atoms with E-state index in [-0.39, 0.29) is 47.6 Å². The number of amides is 5. The van der Waals surface area contributed by atoms with E-state index in [2.05, 4.69) is 17.2 Å². The Balaban J connectivity index is 1.53. The molecule has 5 amide bonds. The number of likely N-dealkylation sites (tertiary alicyclic amines) is 1. The van der Waals surface area contributed by atoms with Gasteiger partial charge in [0.1, 0.15) is 36.6 Å². The monoisotopic (exact) mass is 1270 g/mol. The number of esters is 5. The maximum atomic E-state index is 14.9. The molecular weight excluding hydrogens is 1170 g/mol. The number of methoxy groups -OCH3 is 3. The highest BCUT2D eigenvalue weighted by Crippen LogP contribution is 2.35. The summed E-state index contributed by atoms with van der Waals surface area (Å²) in [5.41, 5.74) is 0.555. The number of ether oxygens (including phenoxy) is 10. The topological polar surface area (TPSA) is 317 Å². The van der Waals surface area contributed by atoms with E-state index in [0.717, 1.165) is 32.8 Å². The zero-order valence-corrected chi connectivity index (χ0v) is 54.6. The van der Waals surface area contributed by atoms with Crippen LogP contribution < -0.4 is 15.4 Å². The van der Waals surface area contributed by atoms with Crippen LogP contribution >= 0.6 is 0 Å². The van der Waals surface area contributed by atoms with Crippen molar-refractivity contribution in [3.8, 4) is 5.75 Å². The molecule has 2 aliphatic heterocycles. The number of aliphatic hydroxyl groups is 1. The molecule has 2 saturated heterocycles. The Kier molecular flexibility index (Phi) is 29.1. The van der Waals surface area contributed by atoms with Crippen LogP contribution in [0.4, 0.5) is 4.79 Å². The Morgan fingerprint density at radius 2 is 1.40 bits per heavy atom. The average Bonchev–Trinajstić information content (AvgIpc) is 0.847. The summed E-state index contributed by atoms with van der Waals surface area (Å²) >= 11 is 0. The van der Waals surface area contributed by atoms with Crippen LogP contribution in [0.15, 0.2) is 61.2 Å². The highest BCUT2D eigenvalue weighted by molar-refractivity contribution is 5.93. The minimum Gasteiger partial charge on any atom is -0.467 e. The van der Waals surface area contributed by atoms with Crippen molar-refractivity contribution in [1.29, 1.82) is 0 Å². The Morgan fingerprint density at radius 1 is 0.778 bits per heavy atom. The van der Waals surface area contributed by atoms with E-state index in [0.29, 0.717) is 31.4 Å². The fraction of sp³-hybridized carbons (Fsp3) is 0.625. The van der Waals surface area contributed by atoms with Gasteiger partial charge in [-0.15, -0.1) is 0 Å². The van der Waals surface area contributed by atoms with Gasteiger partial charge in [-0.25, -0.2) is 14.4 Å². The Hall–Kier alpha value is -7.68. The Morgan fingerprint density at radius 3 is 1.96 bits per heavy atom. The van der Waals surface area contributed by atoms with E-state index < -0.39 is 151 Å². The van der Waals surface area contributed by atoms with Crippen LogP contribution in [0.2, 0.25) is 0 Å². The molecule has 500 valence electrons. The molecule has 2 heterocycles. The van der Waals surface area contributed by atoms with Crippen LogP contribution in [-0.2, 0) is 87.6 Å². The van der Waals surface area contributed by atoms with Gasteiger partial charge in [0, 0.05) is 55.6 Å². The minimum absolute atomic E-state index is 0.122. The molecule has 2 aromatic carbocycles. The first-order chi connectivity index (χ1) is 42.5. The van der Waals surface area contributed by atoms with Gasteiger partial charge in [0.25, 0.3) is 0 Å². The second kappa shape index (κ2) is 35.1. The third kappa shape index (κ3) is 19.7. The SMILES string of the molecule is C=CCOC(=O)c1cc(COC(=O)N(C)[C@H](C(=O)N[C@H](C(=O)N(C)[C@@H](C(C)CC)[C@@H](CC(=O)N2CCC[C@H]2C(OC)[C@@H](C)C(=O)N[C@H](C)[C@@H](O)c2ccccc2)OC)C(C)C)C(C)C)ccc1O[C@@H]1O[C@H](C(=O)OC)[C@@H](OC(C)=O)C(OC(C)=O)[C@H]1OC(C)=O. The molecule has 0 aliphatic carbocycles. The summed E-state index contributed by atoms with van der Waals surface area (Å²) < 4.78 is 56.2. The number of hydrogen-bond acceptors (Lipinski definition) is 21. The molecule has 15 atom stereocenters. The normalized spacial score (nSPS) is 21.1. The first-order valence-corrected chi connectivity index (χ1v) is 30.2. The van der Waals surface area contributed by atoms with E-state index in [4.69, 9.17) is 47.4 Å². The highest BCUT2D eigenvalue weighted by Gasteiger charge is 2.56. The molecule has 2 fully saturated rings. The van der Waals surface area contributed by atoms with Crippen molar-refractivity contribution < 1.29 is 100 Å². The number of carbonyl (C=O) groups excluding carboxylic acids is 10. The van der Waals surface area contributed by atoms with Crippen molar-refractivity contribution in [2.45, 2.75) is 188 Å². The summed E-state index contributed by atoms with van der Waals surface area (Å²) in [6.07, 6.45) is -9.21. The molecule has 4 rings (SSSR count). The molecule has 3 unspecified atom stereocenters. The van der Waals surface area contributed by atoms with Crippen LogP contribution in [0.25, 0.3) is 0 Å². The molecule has 0 aromatic heterocycles. The van der Waals surface area contributed by atoms with Gasteiger partial charge in [-0.1, -0.05) is 104 Å². The van der Waals surface area contributed by atoms with Crippen molar-refractivity contribution >= 4 is 59.6 Å². The fourth-order valence-electron chi connectivity index (χ4n) is 11.4. The maximum absolute atomic E-state index is 14.9. The highest BCUT2D eigenvalue weighted by atomic mass is 16.7. The average molecular weight is 1270 g/mol. The van der Waals surface area contributed by atoms with Crippen molar-refractivity contribution in [3.63, 3.8) is 0 Å². The summed E-state index contributed by atoms with van der Waals surface area (Å²) in [7, 11) is 6.95. The summed E-state index contributed by atoms with van der Waals surface area (Å²) in [4.78, 5) is 140. The predicted molar refractivity (Wildman–Crippen MR) is 323 cm³/mol.